The molecule has 0 radical (unpaired) electrons. The van der Waals surface area contributed by atoms with Crippen LogP contribution in [0.4, 0.5) is 8.78 Å². The molecule has 1 saturated heterocycles. The van der Waals surface area contributed by atoms with Crippen molar-refractivity contribution in [1.82, 2.24) is 4.90 Å². The molecule has 0 spiro atoms. The van der Waals surface area contributed by atoms with Gasteiger partial charge in [-0.25, -0.2) is 8.78 Å². The Morgan fingerprint density at radius 3 is 2.40 bits per heavy atom. The molecule has 0 amide bonds. The van der Waals surface area contributed by atoms with Gasteiger partial charge >= 0.3 is 0 Å². The molecule has 1 saturated carbocycles. The molecule has 110 valence electrons. The van der Waals surface area contributed by atoms with Crippen molar-refractivity contribution in [3.63, 3.8) is 0 Å². The minimum Gasteiger partial charge on any atom is -0.375 e. The van der Waals surface area contributed by atoms with Gasteiger partial charge in [-0.05, 0) is 38.2 Å². The summed E-state index contributed by atoms with van der Waals surface area (Å²) in [5.41, 5.74) is 0.448. The second-order valence-electron chi connectivity index (χ2n) is 5.88. The third kappa shape index (κ3) is 3.18. The summed E-state index contributed by atoms with van der Waals surface area (Å²) in [6.07, 6.45) is 6.52. The van der Waals surface area contributed by atoms with Crippen molar-refractivity contribution in [3.8, 4) is 0 Å². The number of hydrogen-bond acceptors (Lipinski definition) is 2. The fourth-order valence-electron chi connectivity index (χ4n) is 2.89. The van der Waals surface area contributed by atoms with Gasteiger partial charge in [0, 0.05) is 25.2 Å². The Morgan fingerprint density at radius 1 is 1.05 bits per heavy atom. The highest BCUT2D eigenvalue weighted by Gasteiger charge is 2.26. The van der Waals surface area contributed by atoms with Crippen molar-refractivity contribution in [1.29, 1.82) is 0 Å². The molecule has 1 aliphatic heterocycles. The molecule has 0 bridgehead atoms. The minimum absolute atomic E-state index is 0.355. The predicted octanol–water partition coefficient (Wildman–Crippen LogP) is 3.50. The van der Waals surface area contributed by atoms with E-state index in [1.165, 1.54) is 19.3 Å². The normalized spacial score (nSPS) is 21.9. The molecular formula is C16H21F2NO. The molecule has 2 fully saturated rings. The lowest BCUT2D eigenvalue weighted by molar-refractivity contribution is -0.0741. The summed E-state index contributed by atoms with van der Waals surface area (Å²) < 4.78 is 32.8. The number of benzene rings is 1. The molecule has 1 aromatic rings. The molecule has 1 heterocycles. The Labute approximate surface area is 118 Å². The van der Waals surface area contributed by atoms with Crippen LogP contribution in [0.15, 0.2) is 18.2 Å². The second kappa shape index (κ2) is 6.19. The summed E-state index contributed by atoms with van der Waals surface area (Å²) in [6.45, 7) is 2.28. The first kappa shape index (κ1) is 14.0. The zero-order chi connectivity index (χ0) is 13.9. The Morgan fingerprint density at radius 2 is 1.75 bits per heavy atom. The molecular weight excluding hydrogens is 260 g/mol. The molecule has 0 N–H and O–H groups in total. The average molecular weight is 281 g/mol. The average Bonchev–Trinajstić information content (AvgIpc) is 2.41. The van der Waals surface area contributed by atoms with Crippen molar-refractivity contribution in [2.24, 2.45) is 0 Å². The summed E-state index contributed by atoms with van der Waals surface area (Å²) in [5, 5.41) is 0. The van der Waals surface area contributed by atoms with Gasteiger partial charge in [-0.1, -0.05) is 12.1 Å². The van der Waals surface area contributed by atoms with Crippen molar-refractivity contribution in [2.75, 3.05) is 13.1 Å². The first-order valence-corrected chi connectivity index (χ1v) is 7.53. The molecule has 2 nitrogen and oxygen atoms in total. The van der Waals surface area contributed by atoms with E-state index in [9.17, 15) is 8.78 Å². The van der Waals surface area contributed by atoms with Crippen LogP contribution in [0.2, 0.25) is 0 Å². The van der Waals surface area contributed by atoms with Crippen LogP contribution in [0.1, 0.15) is 37.7 Å². The van der Waals surface area contributed by atoms with Gasteiger partial charge in [0.05, 0.1) is 12.2 Å². The maximum absolute atomic E-state index is 13.6. The van der Waals surface area contributed by atoms with Crippen molar-refractivity contribution < 1.29 is 13.5 Å². The number of rotatable bonds is 4. The molecule has 0 aromatic heterocycles. The van der Waals surface area contributed by atoms with E-state index >= 15 is 0 Å². The minimum atomic E-state index is -0.759. The van der Waals surface area contributed by atoms with E-state index in [4.69, 9.17) is 4.74 Å². The second-order valence-corrected chi connectivity index (χ2v) is 5.88. The van der Waals surface area contributed by atoms with Gasteiger partial charge in [0.15, 0.2) is 11.6 Å². The Hall–Kier alpha value is -1.00. The van der Waals surface area contributed by atoms with Crippen LogP contribution in [0, 0.1) is 11.6 Å². The maximum Gasteiger partial charge on any atom is 0.163 e. The molecule has 0 atom stereocenters. The lowest BCUT2D eigenvalue weighted by atomic mass is 9.95. The van der Waals surface area contributed by atoms with E-state index in [1.807, 2.05) is 0 Å². The smallest absolute Gasteiger partial charge is 0.163 e. The lowest BCUT2D eigenvalue weighted by Crippen LogP contribution is -2.39. The zero-order valence-corrected chi connectivity index (χ0v) is 11.7. The Kier molecular flexibility index (Phi) is 4.32. The summed E-state index contributed by atoms with van der Waals surface area (Å²) >= 11 is 0. The summed E-state index contributed by atoms with van der Waals surface area (Å²) in [5.74, 6) is -1.47. The third-order valence-corrected chi connectivity index (χ3v) is 4.40. The van der Waals surface area contributed by atoms with Crippen molar-refractivity contribution in [2.45, 2.75) is 50.9 Å². The molecule has 20 heavy (non-hydrogen) atoms. The first-order valence-electron chi connectivity index (χ1n) is 7.53. The molecule has 1 aromatic carbocycles. The van der Waals surface area contributed by atoms with E-state index in [1.54, 1.807) is 12.1 Å². The van der Waals surface area contributed by atoms with Crippen LogP contribution in [-0.2, 0) is 11.3 Å². The van der Waals surface area contributed by atoms with Gasteiger partial charge in [-0.3, -0.25) is 4.90 Å². The van der Waals surface area contributed by atoms with Crippen LogP contribution >= 0.6 is 0 Å². The van der Waals surface area contributed by atoms with E-state index < -0.39 is 11.6 Å². The maximum atomic E-state index is 13.6. The summed E-state index contributed by atoms with van der Waals surface area (Å²) in [4.78, 5) is 2.18. The number of likely N-dealkylation sites (tertiary alicyclic amines) is 1. The Bertz CT molecular complexity index is 454. The predicted molar refractivity (Wildman–Crippen MR) is 73.4 cm³/mol. The van der Waals surface area contributed by atoms with Crippen LogP contribution in [0.5, 0.6) is 0 Å². The molecule has 2 aliphatic rings. The highest BCUT2D eigenvalue weighted by molar-refractivity contribution is 5.18. The molecule has 3 rings (SSSR count). The number of nitrogens with zero attached hydrogens (tertiary/aromatic N) is 1. The van der Waals surface area contributed by atoms with E-state index in [0.717, 1.165) is 32.0 Å². The number of hydrogen-bond donors (Lipinski definition) is 0. The molecule has 1 aliphatic carbocycles. The van der Waals surface area contributed by atoms with Gasteiger partial charge in [0.2, 0.25) is 0 Å². The SMILES string of the molecule is Fc1cccc(CN2CCC(OC3CCC3)CC2)c1F. The fourth-order valence-corrected chi connectivity index (χ4v) is 2.89. The van der Waals surface area contributed by atoms with E-state index in [2.05, 4.69) is 4.90 Å². The van der Waals surface area contributed by atoms with Gasteiger partial charge < -0.3 is 4.74 Å². The van der Waals surface area contributed by atoms with Crippen LogP contribution in [0.25, 0.3) is 0 Å². The number of piperidine rings is 1. The quantitative estimate of drug-likeness (QED) is 0.837. The standard InChI is InChI=1S/C16H21F2NO/c17-15-6-1-3-12(16(15)18)11-19-9-7-14(8-10-19)20-13-4-2-5-13/h1,3,6,13-14H,2,4-5,7-11H2. The van der Waals surface area contributed by atoms with Crippen LogP contribution in [-0.4, -0.2) is 30.2 Å². The lowest BCUT2D eigenvalue weighted by Gasteiger charge is -2.36. The largest absolute Gasteiger partial charge is 0.375 e. The summed E-state index contributed by atoms with van der Waals surface area (Å²) in [6, 6.07) is 4.40. The topological polar surface area (TPSA) is 12.5 Å². The van der Waals surface area contributed by atoms with Gasteiger partial charge in [-0.15, -0.1) is 0 Å². The van der Waals surface area contributed by atoms with Crippen LogP contribution < -0.4 is 0 Å². The van der Waals surface area contributed by atoms with E-state index in [-0.39, 0.29) is 0 Å². The highest BCUT2D eigenvalue weighted by atomic mass is 19.2. The van der Waals surface area contributed by atoms with Gasteiger partial charge in [0.1, 0.15) is 0 Å². The van der Waals surface area contributed by atoms with E-state index in [0.29, 0.717) is 24.3 Å². The monoisotopic (exact) mass is 281 g/mol. The summed E-state index contributed by atoms with van der Waals surface area (Å²) in [7, 11) is 0. The van der Waals surface area contributed by atoms with Gasteiger partial charge in [-0.2, -0.15) is 0 Å². The highest BCUT2D eigenvalue weighted by Crippen LogP contribution is 2.27. The zero-order valence-electron chi connectivity index (χ0n) is 11.7. The molecule has 4 heteroatoms. The first-order chi connectivity index (χ1) is 9.72. The fraction of sp³-hybridized carbons (Fsp3) is 0.625. The third-order valence-electron chi connectivity index (χ3n) is 4.40. The number of halogens is 2. The molecule has 0 unspecified atom stereocenters. The van der Waals surface area contributed by atoms with Crippen molar-refractivity contribution >= 4 is 0 Å². The Balaban J connectivity index is 1.49. The van der Waals surface area contributed by atoms with Gasteiger partial charge in [0.25, 0.3) is 0 Å². The van der Waals surface area contributed by atoms with Crippen LogP contribution in [0.3, 0.4) is 0 Å². The number of ether oxygens (including phenoxy) is 1. The van der Waals surface area contributed by atoms with Crippen molar-refractivity contribution in [3.05, 3.63) is 35.4 Å².